The first-order valence-corrected chi connectivity index (χ1v) is 6.61. The summed E-state index contributed by atoms with van der Waals surface area (Å²) in [5.74, 6) is -0.579. The summed E-state index contributed by atoms with van der Waals surface area (Å²) < 4.78 is 38.8. The molecule has 0 saturated heterocycles. The van der Waals surface area contributed by atoms with Crippen LogP contribution >= 0.6 is 0 Å². The molecule has 3 aromatic rings. The Morgan fingerprint density at radius 1 is 1.17 bits per heavy atom. The van der Waals surface area contributed by atoms with E-state index in [4.69, 9.17) is 0 Å². The predicted octanol–water partition coefficient (Wildman–Crippen LogP) is 2.33. The van der Waals surface area contributed by atoms with Crippen LogP contribution in [-0.2, 0) is 6.18 Å². The maximum atomic E-state index is 12.5. The monoisotopic (exact) mass is 334 g/mol. The summed E-state index contributed by atoms with van der Waals surface area (Å²) in [7, 11) is 0. The molecular formula is C14H9F3N6O. The lowest BCUT2D eigenvalue weighted by Gasteiger charge is -2.08. The number of benzene rings is 1. The van der Waals surface area contributed by atoms with Gasteiger partial charge in [0, 0.05) is 11.9 Å². The highest BCUT2D eigenvalue weighted by molar-refractivity contribution is 6.04. The van der Waals surface area contributed by atoms with Crippen LogP contribution < -0.4 is 5.32 Å². The van der Waals surface area contributed by atoms with Crippen molar-refractivity contribution < 1.29 is 18.0 Å². The second-order valence-electron chi connectivity index (χ2n) is 4.69. The number of pyridine rings is 1. The molecule has 122 valence electrons. The summed E-state index contributed by atoms with van der Waals surface area (Å²) in [6.45, 7) is 0. The molecule has 24 heavy (non-hydrogen) atoms. The molecule has 0 aliphatic carbocycles. The van der Waals surface area contributed by atoms with Crippen molar-refractivity contribution in [3.63, 3.8) is 0 Å². The van der Waals surface area contributed by atoms with Crippen LogP contribution in [0.1, 0.15) is 16.1 Å². The molecule has 1 aromatic carbocycles. The van der Waals surface area contributed by atoms with Crippen LogP contribution in [0, 0.1) is 0 Å². The van der Waals surface area contributed by atoms with Gasteiger partial charge in [0.05, 0.1) is 11.3 Å². The third-order valence-electron chi connectivity index (χ3n) is 3.03. The number of carbonyl (C=O) groups excluding carboxylic acids is 1. The highest BCUT2D eigenvalue weighted by atomic mass is 19.4. The molecule has 0 aliphatic rings. The van der Waals surface area contributed by atoms with Crippen LogP contribution in [0.25, 0.3) is 5.69 Å². The quantitative estimate of drug-likeness (QED) is 0.794. The van der Waals surface area contributed by atoms with E-state index in [0.29, 0.717) is 11.4 Å². The number of tetrazole rings is 1. The minimum atomic E-state index is -4.55. The normalized spacial score (nSPS) is 11.3. The largest absolute Gasteiger partial charge is 0.433 e. The van der Waals surface area contributed by atoms with Gasteiger partial charge in [-0.2, -0.15) is 13.2 Å². The molecule has 0 bridgehead atoms. The van der Waals surface area contributed by atoms with Crippen molar-refractivity contribution >= 4 is 11.6 Å². The van der Waals surface area contributed by atoms with E-state index in [1.807, 2.05) is 0 Å². The second kappa shape index (κ2) is 6.07. The molecule has 0 saturated carbocycles. The topological polar surface area (TPSA) is 85.6 Å². The van der Waals surface area contributed by atoms with Crippen LogP contribution in [-0.4, -0.2) is 31.1 Å². The average molecular weight is 334 g/mol. The molecule has 0 radical (unpaired) electrons. The lowest BCUT2D eigenvalue weighted by Crippen LogP contribution is -2.14. The number of aromatic nitrogens is 5. The lowest BCUT2D eigenvalue weighted by atomic mass is 10.2. The van der Waals surface area contributed by atoms with E-state index in [1.165, 1.54) is 11.0 Å². The Bertz CT molecular complexity index is 846. The number of nitrogens with zero attached hydrogens (tertiary/aromatic N) is 5. The van der Waals surface area contributed by atoms with Gasteiger partial charge in [-0.05, 0) is 40.8 Å². The standard InChI is InChI=1S/C14H9F3N6O/c15-14(16,17)12-5-4-9(7-18-12)13(24)20-10-2-1-3-11(6-10)23-8-19-21-22-23/h1-8H,(H,20,24). The molecule has 0 atom stereocenters. The van der Waals surface area contributed by atoms with E-state index in [1.54, 1.807) is 24.3 Å². The third-order valence-corrected chi connectivity index (χ3v) is 3.03. The maximum absolute atomic E-state index is 12.5. The molecule has 3 rings (SSSR count). The molecule has 2 aromatic heterocycles. The van der Waals surface area contributed by atoms with Gasteiger partial charge in [-0.1, -0.05) is 6.07 Å². The third kappa shape index (κ3) is 3.37. The number of amides is 1. The Hall–Kier alpha value is -3.30. The Labute approximate surface area is 133 Å². The SMILES string of the molecule is O=C(Nc1cccc(-n2cnnn2)c1)c1ccc(C(F)(F)F)nc1. The number of halogens is 3. The van der Waals surface area contributed by atoms with E-state index in [9.17, 15) is 18.0 Å². The number of hydrogen-bond acceptors (Lipinski definition) is 5. The lowest BCUT2D eigenvalue weighted by molar-refractivity contribution is -0.141. The number of anilines is 1. The van der Waals surface area contributed by atoms with Gasteiger partial charge in [0.15, 0.2) is 0 Å². The first-order chi connectivity index (χ1) is 11.4. The number of alkyl halides is 3. The van der Waals surface area contributed by atoms with E-state index < -0.39 is 17.8 Å². The number of rotatable bonds is 3. The van der Waals surface area contributed by atoms with Crippen LogP contribution in [0.2, 0.25) is 0 Å². The molecule has 0 spiro atoms. The molecule has 10 heteroatoms. The molecule has 2 heterocycles. The molecule has 1 amide bonds. The molecule has 7 nitrogen and oxygen atoms in total. The first-order valence-electron chi connectivity index (χ1n) is 6.61. The Balaban J connectivity index is 1.76. The minimum absolute atomic E-state index is 0.0100. The van der Waals surface area contributed by atoms with Crippen molar-refractivity contribution in [2.75, 3.05) is 5.32 Å². The molecule has 1 N–H and O–H groups in total. The smallest absolute Gasteiger partial charge is 0.322 e. The highest BCUT2D eigenvalue weighted by Gasteiger charge is 2.32. The van der Waals surface area contributed by atoms with Gasteiger partial charge in [-0.3, -0.25) is 9.78 Å². The van der Waals surface area contributed by atoms with Crippen LogP contribution in [0.3, 0.4) is 0 Å². The van der Waals surface area contributed by atoms with Crippen molar-refractivity contribution in [3.05, 3.63) is 60.2 Å². The van der Waals surface area contributed by atoms with Crippen LogP contribution in [0.5, 0.6) is 0 Å². The van der Waals surface area contributed by atoms with Gasteiger partial charge in [0.2, 0.25) is 0 Å². The summed E-state index contributed by atoms with van der Waals surface area (Å²) in [5, 5.41) is 13.3. The van der Waals surface area contributed by atoms with Crippen molar-refractivity contribution in [3.8, 4) is 5.69 Å². The first kappa shape index (κ1) is 15.6. The van der Waals surface area contributed by atoms with Crippen molar-refractivity contribution in [2.24, 2.45) is 0 Å². The number of hydrogen-bond donors (Lipinski definition) is 1. The zero-order chi connectivity index (χ0) is 17.2. The van der Waals surface area contributed by atoms with Crippen molar-refractivity contribution in [1.82, 2.24) is 25.2 Å². The Morgan fingerprint density at radius 3 is 2.62 bits per heavy atom. The molecule has 0 unspecified atom stereocenters. The number of carbonyl (C=O) groups is 1. The molecule has 0 aliphatic heterocycles. The fourth-order valence-corrected chi connectivity index (χ4v) is 1.90. The van der Waals surface area contributed by atoms with E-state index >= 15 is 0 Å². The minimum Gasteiger partial charge on any atom is -0.322 e. The summed E-state index contributed by atoms with van der Waals surface area (Å²) in [6.07, 6.45) is -2.28. The van der Waals surface area contributed by atoms with Crippen molar-refractivity contribution in [2.45, 2.75) is 6.18 Å². The zero-order valence-corrected chi connectivity index (χ0v) is 11.9. The molecule has 0 fully saturated rings. The van der Waals surface area contributed by atoms with E-state index in [-0.39, 0.29) is 5.56 Å². The highest BCUT2D eigenvalue weighted by Crippen LogP contribution is 2.27. The van der Waals surface area contributed by atoms with E-state index in [2.05, 4.69) is 25.8 Å². The van der Waals surface area contributed by atoms with Gasteiger partial charge in [0.1, 0.15) is 12.0 Å². The summed E-state index contributed by atoms with van der Waals surface area (Å²) in [5.41, 5.74) is 0.00629. The van der Waals surface area contributed by atoms with Gasteiger partial charge in [-0.15, -0.1) is 5.10 Å². The average Bonchev–Trinajstić information content (AvgIpc) is 3.09. The van der Waals surface area contributed by atoms with Crippen LogP contribution in [0.15, 0.2) is 48.9 Å². The van der Waals surface area contributed by atoms with Gasteiger partial charge in [-0.25, -0.2) is 4.68 Å². The second-order valence-corrected chi connectivity index (χ2v) is 4.69. The van der Waals surface area contributed by atoms with Gasteiger partial charge < -0.3 is 5.32 Å². The summed E-state index contributed by atoms with van der Waals surface area (Å²) in [6, 6.07) is 8.47. The maximum Gasteiger partial charge on any atom is 0.433 e. The Morgan fingerprint density at radius 2 is 2.00 bits per heavy atom. The predicted molar refractivity (Wildman–Crippen MR) is 76.3 cm³/mol. The summed E-state index contributed by atoms with van der Waals surface area (Å²) in [4.78, 5) is 15.3. The fraction of sp³-hybridized carbons (Fsp3) is 0.0714. The van der Waals surface area contributed by atoms with Crippen molar-refractivity contribution in [1.29, 1.82) is 0 Å². The van der Waals surface area contributed by atoms with Gasteiger partial charge in [0.25, 0.3) is 5.91 Å². The number of nitrogens with one attached hydrogen (secondary N) is 1. The zero-order valence-electron chi connectivity index (χ0n) is 11.9. The van der Waals surface area contributed by atoms with E-state index in [0.717, 1.165) is 18.3 Å². The fourth-order valence-electron chi connectivity index (χ4n) is 1.90. The summed E-state index contributed by atoms with van der Waals surface area (Å²) >= 11 is 0. The molecular weight excluding hydrogens is 325 g/mol. The Kier molecular flexibility index (Phi) is 3.94. The van der Waals surface area contributed by atoms with Gasteiger partial charge >= 0.3 is 6.18 Å². The van der Waals surface area contributed by atoms with Crippen LogP contribution in [0.4, 0.5) is 18.9 Å².